The van der Waals surface area contributed by atoms with E-state index >= 15 is 0 Å². The Morgan fingerprint density at radius 2 is 2.08 bits per heavy atom. The van der Waals surface area contributed by atoms with Crippen molar-refractivity contribution in [3.63, 3.8) is 0 Å². The Morgan fingerprint density at radius 1 is 1.54 bits per heavy atom. The average molecular weight is 216 g/mol. The maximum Gasteiger partial charge on any atom is 1.00 e. The number of hydrogen-bond donors (Lipinski definition) is 0. The second-order valence-corrected chi connectivity index (χ2v) is 3.55. The van der Waals surface area contributed by atoms with Crippen molar-refractivity contribution in [2.24, 2.45) is 0 Å². The molecule has 0 amide bonds. The fourth-order valence-corrected chi connectivity index (χ4v) is 1.04. The van der Waals surface area contributed by atoms with E-state index in [-0.39, 0.29) is 42.4 Å². The molecular weight excluding hydrogens is 207 g/mol. The molecule has 0 bridgehead atoms. The summed E-state index contributed by atoms with van der Waals surface area (Å²) >= 11 is 0. The van der Waals surface area contributed by atoms with Gasteiger partial charge < -0.3 is 9.29 Å². The zero-order chi connectivity index (χ0) is 9.61. The Balaban J connectivity index is 0. The molecule has 0 aromatic rings. The van der Waals surface area contributed by atoms with Gasteiger partial charge in [-0.3, -0.25) is 4.79 Å². The van der Waals surface area contributed by atoms with Crippen LogP contribution >= 0.6 is 0 Å². The van der Waals surface area contributed by atoms with Crippen LogP contribution < -0.4 is 29.6 Å². The topological polar surface area (TPSA) is 83.5 Å². The van der Waals surface area contributed by atoms with Crippen LogP contribution in [0.25, 0.3) is 0 Å². The molecule has 0 aliphatic heterocycles. The van der Waals surface area contributed by atoms with Crippen molar-refractivity contribution in [1.82, 2.24) is 0 Å². The molecule has 0 aromatic heterocycles. The Labute approximate surface area is 99.2 Å². The van der Waals surface area contributed by atoms with Crippen molar-refractivity contribution in [1.29, 1.82) is 0 Å². The van der Waals surface area contributed by atoms with Crippen molar-refractivity contribution >= 4 is 16.1 Å². The van der Waals surface area contributed by atoms with Gasteiger partial charge >= 0.3 is 35.5 Å². The largest absolute Gasteiger partial charge is 1.00 e. The van der Waals surface area contributed by atoms with Crippen LogP contribution in [0.1, 0.15) is 12.8 Å². The summed E-state index contributed by atoms with van der Waals surface area (Å²) in [5, 5.41) is 0. The van der Waals surface area contributed by atoms with Crippen LogP contribution in [0.15, 0.2) is 12.8 Å². The second kappa shape index (κ2) is 7.52. The van der Waals surface area contributed by atoms with Gasteiger partial charge in [-0.05, 0) is 6.42 Å². The van der Waals surface area contributed by atoms with Crippen LogP contribution in [-0.2, 0) is 19.6 Å². The third-order valence-corrected chi connectivity index (χ3v) is 1.78. The van der Waals surface area contributed by atoms with Crippen LogP contribution in [0.2, 0.25) is 0 Å². The molecule has 0 aliphatic rings. The summed E-state index contributed by atoms with van der Waals surface area (Å²) in [6, 6.07) is 0. The molecule has 0 fully saturated rings. The predicted octanol–water partition coefficient (Wildman–Crippen LogP) is -3.00. The van der Waals surface area contributed by atoms with Crippen molar-refractivity contribution < 1.29 is 52.1 Å². The molecule has 0 atom stereocenters. The fraction of sp³-hybridized carbons (Fsp3) is 0.500. The molecule has 0 unspecified atom stereocenters. The predicted molar refractivity (Wildman–Crippen MR) is 40.1 cm³/mol. The summed E-state index contributed by atoms with van der Waals surface area (Å²) in [7, 11) is -4.22. The first-order valence-corrected chi connectivity index (χ1v) is 4.77. The quantitative estimate of drug-likeness (QED) is 0.212. The maximum absolute atomic E-state index is 10.5. The Kier molecular flexibility index (Phi) is 9.01. The van der Waals surface area contributed by atoms with Gasteiger partial charge in [-0.1, -0.05) is 6.58 Å². The number of ether oxygens (including phenoxy) is 1. The first-order chi connectivity index (χ1) is 5.45. The van der Waals surface area contributed by atoms with E-state index < -0.39 is 21.8 Å². The van der Waals surface area contributed by atoms with E-state index in [9.17, 15) is 17.8 Å². The summed E-state index contributed by atoms with van der Waals surface area (Å²) in [6.45, 7) is 3.13. The van der Waals surface area contributed by atoms with E-state index in [0.29, 0.717) is 0 Å². The molecule has 0 rings (SSSR count). The first kappa shape index (κ1) is 15.6. The van der Waals surface area contributed by atoms with Gasteiger partial charge in [0.05, 0.1) is 16.4 Å². The standard InChI is InChI=1S/C6H10O5S.Na/c1-2-11-6(7)4-3-5-12(8,9)10;/h2H,1,3-5H2,(H,8,9,10);/q;+1/p-1. The second-order valence-electron chi connectivity index (χ2n) is 2.02. The van der Waals surface area contributed by atoms with Crippen LogP contribution in [0.3, 0.4) is 0 Å². The van der Waals surface area contributed by atoms with Crippen LogP contribution in [0.5, 0.6) is 0 Å². The normalized spacial score (nSPS) is 9.92. The Morgan fingerprint density at radius 3 is 2.46 bits per heavy atom. The summed E-state index contributed by atoms with van der Waals surface area (Å²) in [4.78, 5) is 10.5. The van der Waals surface area contributed by atoms with Crippen LogP contribution in [-0.4, -0.2) is 24.7 Å². The Bertz CT molecular complexity index is 258. The molecule has 0 spiro atoms. The van der Waals surface area contributed by atoms with E-state index in [2.05, 4.69) is 11.3 Å². The third kappa shape index (κ3) is 12.1. The molecule has 0 aliphatic carbocycles. The monoisotopic (exact) mass is 216 g/mol. The molecule has 0 heterocycles. The zero-order valence-electron chi connectivity index (χ0n) is 7.36. The minimum atomic E-state index is -4.22. The molecule has 0 saturated carbocycles. The van der Waals surface area contributed by atoms with Gasteiger partial charge in [-0.25, -0.2) is 8.42 Å². The van der Waals surface area contributed by atoms with E-state index in [1.54, 1.807) is 0 Å². The van der Waals surface area contributed by atoms with Crippen molar-refractivity contribution in [3.05, 3.63) is 12.8 Å². The molecule has 70 valence electrons. The van der Waals surface area contributed by atoms with Gasteiger partial charge in [-0.2, -0.15) is 0 Å². The molecule has 13 heavy (non-hydrogen) atoms. The molecule has 0 radical (unpaired) electrons. The number of hydrogen-bond acceptors (Lipinski definition) is 5. The molecule has 7 heteroatoms. The Hall–Kier alpha value is 0.120. The van der Waals surface area contributed by atoms with Crippen molar-refractivity contribution in [2.75, 3.05) is 5.75 Å². The minimum absolute atomic E-state index is 0. The van der Waals surface area contributed by atoms with E-state index in [4.69, 9.17) is 0 Å². The fourth-order valence-electron chi connectivity index (χ4n) is 0.545. The van der Waals surface area contributed by atoms with E-state index in [0.717, 1.165) is 6.26 Å². The molecule has 5 nitrogen and oxygen atoms in total. The van der Waals surface area contributed by atoms with Crippen LogP contribution in [0.4, 0.5) is 0 Å². The van der Waals surface area contributed by atoms with E-state index in [1.165, 1.54) is 0 Å². The number of rotatable bonds is 5. The van der Waals surface area contributed by atoms with Gasteiger partial charge in [0.15, 0.2) is 0 Å². The number of esters is 1. The van der Waals surface area contributed by atoms with Gasteiger partial charge in [0, 0.05) is 12.2 Å². The van der Waals surface area contributed by atoms with E-state index in [1.807, 2.05) is 0 Å². The molecule has 0 aromatic carbocycles. The van der Waals surface area contributed by atoms with Crippen molar-refractivity contribution in [2.45, 2.75) is 12.8 Å². The summed E-state index contributed by atoms with van der Waals surface area (Å²) < 4.78 is 34.4. The summed E-state index contributed by atoms with van der Waals surface area (Å²) in [5.74, 6) is -1.13. The molecule has 0 saturated heterocycles. The van der Waals surface area contributed by atoms with Gasteiger partial charge in [-0.15, -0.1) is 0 Å². The SMILES string of the molecule is C=COC(=O)CCCS(=O)(=O)[O-].[Na+]. The van der Waals surface area contributed by atoms with Crippen LogP contribution in [0, 0.1) is 0 Å². The molecule has 0 N–H and O–H groups in total. The first-order valence-electron chi connectivity index (χ1n) is 3.19. The minimum Gasteiger partial charge on any atom is -0.748 e. The van der Waals surface area contributed by atoms with Gasteiger partial charge in [0.2, 0.25) is 0 Å². The average Bonchev–Trinajstić information content (AvgIpc) is 1.84. The maximum atomic E-state index is 10.5. The smallest absolute Gasteiger partial charge is 0.748 e. The third-order valence-electron chi connectivity index (χ3n) is 0.990. The number of carbonyl (C=O) groups is 1. The van der Waals surface area contributed by atoms with Gasteiger partial charge in [0.25, 0.3) is 0 Å². The zero-order valence-corrected chi connectivity index (χ0v) is 10.2. The molecular formula is C6H9NaO5S. The number of carbonyl (C=O) groups excluding carboxylic acids is 1. The summed E-state index contributed by atoms with van der Waals surface area (Å²) in [5.41, 5.74) is 0. The summed E-state index contributed by atoms with van der Waals surface area (Å²) in [6.07, 6.45) is 0.847. The van der Waals surface area contributed by atoms with Gasteiger partial charge in [0.1, 0.15) is 0 Å². The van der Waals surface area contributed by atoms with Crippen molar-refractivity contribution in [3.8, 4) is 0 Å².